The van der Waals surface area contributed by atoms with Gasteiger partial charge in [0, 0.05) is 0 Å². The van der Waals surface area contributed by atoms with Gasteiger partial charge in [0.05, 0.1) is 26.4 Å². The Balaban J connectivity index is 1.03. The first kappa shape index (κ1) is 35.8. The standard InChI is InChI=1S/C49H41BrO5/c50-48-46(52-30-34-18-22-38-10-2-6-14-42(38)26-34)45(51-29-33-17-21-37-9-1-5-13-41(37)25-33)47(53-31-35-19-23-39-11-3-7-15-43(39)27-35)49(55-48)54-32-36-20-24-40-12-4-8-16-44(40)28-36/h1-28,45-49H,29-32H2/t45-,46-,47-,48+,49+/m1/s1. The van der Waals surface area contributed by atoms with Crippen LogP contribution in [0.3, 0.4) is 0 Å². The van der Waals surface area contributed by atoms with Gasteiger partial charge in [0.1, 0.15) is 23.3 Å². The highest BCUT2D eigenvalue weighted by Crippen LogP contribution is 2.35. The summed E-state index contributed by atoms with van der Waals surface area (Å²) in [4.78, 5) is 0. The summed E-state index contributed by atoms with van der Waals surface area (Å²) in [5.74, 6) is 0. The third kappa shape index (κ3) is 8.21. The van der Waals surface area contributed by atoms with Gasteiger partial charge in [0.2, 0.25) is 0 Å². The topological polar surface area (TPSA) is 46.2 Å². The van der Waals surface area contributed by atoms with Crippen LogP contribution >= 0.6 is 15.9 Å². The molecule has 1 saturated heterocycles. The monoisotopic (exact) mass is 788 g/mol. The SMILES string of the molecule is Br[C@H]1O[C@H](OCc2ccc3ccccc3c2)[C@H](OCc2ccc3ccccc3c2)[C@H](OCc2ccc3ccccc3c2)[C@H]1OCc1ccc2ccccc2c1. The molecule has 8 aromatic carbocycles. The minimum Gasteiger partial charge on any atom is -0.368 e. The molecule has 8 aromatic rings. The van der Waals surface area contributed by atoms with Crippen LogP contribution in [0, 0.1) is 0 Å². The molecule has 0 saturated carbocycles. The van der Waals surface area contributed by atoms with E-state index < -0.39 is 29.6 Å². The van der Waals surface area contributed by atoms with Gasteiger partial charge in [-0.15, -0.1) is 0 Å². The molecule has 0 spiro atoms. The summed E-state index contributed by atoms with van der Waals surface area (Å²) in [6.45, 7) is 1.41. The van der Waals surface area contributed by atoms with E-state index in [-0.39, 0.29) is 0 Å². The van der Waals surface area contributed by atoms with Gasteiger partial charge in [-0.3, -0.25) is 0 Å². The summed E-state index contributed by atoms with van der Waals surface area (Å²) in [6, 6.07) is 59.1. The maximum atomic E-state index is 6.93. The molecule has 1 aliphatic heterocycles. The molecule has 1 aliphatic rings. The van der Waals surface area contributed by atoms with Gasteiger partial charge >= 0.3 is 0 Å². The molecule has 1 heterocycles. The number of alkyl halides is 1. The number of hydrogen-bond donors (Lipinski definition) is 0. The van der Waals surface area contributed by atoms with Gasteiger partial charge in [0.15, 0.2) is 6.29 Å². The molecule has 0 aromatic heterocycles. The van der Waals surface area contributed by atoms with E-state index in [0.717, 1.165) is 33.0 Å². The molecule has 0 radical (unpaired) electrons. The summed E-state index contributed by atoms with van der Waals surface area (Å²) in [5.41, 5.74) is 4.22. The maximum absolute atomic E-state index is 6.93. The Morgan fingerprint density at radius 3 is 1.04 bits per heavy atom. The molecule has 6 heteroatoms. The molecule has 1 fully saturated rings. The predicted octanol–water partition coefficient (Wildman–Crippen LogP) is 11.6. The zero-order chi connectivity index (χ0) is 37.0. The van der Waals surface area contributed by atoms with E-state index in [2.05, 4.69) is 186 Å². The lowest BCUT2D eigenvalue weighted by atomic mass is 10.0. The van der Waals surface area contributed by atoms with Crippen LogP contribution in [0.2, 0.25) is 0 Å². The van der Waals surface area contributed by atoms with Crippen LogP contribution in [0.15, 0.2) is 170 Å². The van der Waals surface area contributed by atoms with E-state index in [0.29, 0.717) is 26.4 Å². The van der Waals surface area contributed by atoms with E-state index in [1.54, 1.807) is 0 Å². The second kappa shape index (κ2) is 16.4. The average molecular weight is 790 g/mol. The van der Waals surface area contributed by atoms with E-state index in [4.69, 9.17) is 23.7 Å². The highest BCUT2D eigenvalue weighted by atomic mass is 79.9. The van der Waals surface area contributed by atoms with Crippen molar-refractivity contribution in [3.63, 3.8) is 0 Å². The first-order valence-electron chi connectivity index (χ1n) is 18.8. The van der Waals surface area contributed by atoms with Gasteiger partial charge in [-0.05, 0) is 89.6 Å². The van der Waals surface area contributed by atoms with E-state index in [9.17, 15) is 0 Å². The summed E-state index contributed by atoms with van der Waals surface area (Å²) in [6.07, 6.45) is -2.44. The van der Waals surface area contributed by atoms with E-state index >= 15 is 0 Å². The third-order valence-electron chi connectivity index (χ3n) is 10.4. The van der Waals surface area contributed by atoms with Crippen molar-refractivity contribution in [3.05, 3.63) is 192 Å². The molecule has 0 amide bonds. The van der Waals surface area contributed by atoms with Crippen LogP contribution in [-0.2, 0) is 50.1 Å². The van der Waals surface area contributed by atoms with Crippen molar-refractivity contribution in [1.82, 2.24) is 0 Å². The number of fused-ring (bicyclic) bond motifs is 4. The Morgan fingerprint density at radius 2 is 0.655 bits per heavy atom. The quantitative estimate of drug-likeness (QED) is 0.115. The lowest BCUT2D eigenvalue weighted by molar-refractivity contribution is -0.308. The molecule has 0 N–H and O–H groups in total. The minimum atomic E-state index is -0.751. The van der Waals surface area contributed by atoms with E-state index in [1.165, 1.54) is 32.3 Å². The van der Waals surface area contributed by atoms with E-state index in [1.807, 2.05) is 0 Å². The second-order valence-corrected chi connectivity index (χ2v) is 15.1. The molecule has 5 atom stereocenters. The number of rotatable bonds is 12. The molecular formula is C49H41BrO5. The summed E-state index contributed by atoms with van der Waals surface area (Å²) in [7, 11) is 0. The molecule has 9 rings (SSSR count). The second-order valence-electron chi connectivity index (χ2n) is 14.2. The van der Waals surface area contributed by atoms with Crippen molar-refractivity contribution in [3.8, 4) is 0 Å². The van der Waals surface area contributed by atoms with Crippen LogP contribution in [-0.4, -0.2) is 29.6 Å². The van der Waals surface area contributed by atoms with Crippen LogP contribution in [0.1, 0.15) is 22.3 Å². The van der Waals surface area contributed by atoms with Crippen molar-refractivity contribution < 1.29 is 23.7 Å². The first-order valence-corrected chi connectivity index (χ1v) is 19.7. The van der Waals surface area contributed by atoms with Crippen LogP contribution < -0.4 is 0 Å². The number of benzene rings is 8. The summed E-state index contributed by atoms with van der Waals surface area (Å²) >= 11 is 3.85. The fourth-order valence-electron chi connectivity index (χ4n) is 7.51. The normalized spacial score (nSPS) is 20.1. The lowest BCUT2D eigenvalue weighted by Crippen LogP contribution is -2.59. The Morgan fingerprint density at radius 1 is 0.345 bits per heavy atom. The van der Waals surface area contributed by atoms with Crippen molar-refractivity contribution in [2.45, 2.75) is 56.0 Å². The summed E-state index contributed by atoms with van der Waals surface area (Å²) < 4.78 is 33.9. The van der Waals surface area contributed by atoms with Gasteiger partial charge in [-0.25, -0.2) is 0 Å². The highest BCUT2D eigenvalue weighted by Gasteiger charge is 2.48. The molecule has 0 bridgehead atoms. The fraction of sp³-hybridized carbons (Fsp3) is 0.184. The Hall–Kier alpha value is -4.92. The Kier molecular flexibility index (Phi) is 10.7. The van der Waals surface area contributed by atoms with Crippen molar-refractivity contribution >= 4 is 59.0 Å². The molecule has 55 heavy (non-hydrogen) atoms. The van der Waals surface area contributed by atoms with Gasteiger partial charge in [-0.2, -0.15) is 0 Å². The predicted molar refractivity (Wildman–Crippen MR) is 224 cm³/mol. The van der Waals surface area contributed by atoms with Gasteiger partial charge in [0.25, 0.3) is 0 Å². The van der Waals surface area contributed by atoms with Crippen LogP contribution in [0.4, 0.5) is 0 Å². The molecule has 0 unspecified atom stereocenters. The average Bonchev–Trinajstić information content (AvgIpc) is 3.23. The minimum absolute atomic E-state index is 0.338. The largest absolute Gasteiger partial charge is 0.368 e. The fourth-order valence-corrected chi connectivity index (χ4v) is 8.18. The molecule has 0 aliphatic carbocycles. The number of ether oxygens (including phenoxy) is 5. The zero-order valence-corrected chi connectivity index (χ0v) is 31.9. The number of hydrogen-bond acceptors (Lipinski definition) is 5. The smallest absolute Gasteiger partial charge is 0.188 e. The summed E-state index contributed by atoms with van der Waals surface area (Å²) in [5, 5.41) is 8.87. The van der Waals surface area contributed by atoms with Gasteiger partial charge in [-0.1, -0.05) is 162 Å². The first-order chi connectivity index (χ1) is 27.1. The van der Waals surface area contributed by atoms with Crippen LogP contribution in [0.5, 0.6) is 0 Å². The van der Waals surface area contributed by atoms with Gasteiger partial charge < -0.3 is 23.7 Å². The Bertz CT molecular complexity index is 2570. The zero-order valence-electron chi connectivity index (χ0n) is 30.3. The van der Waals surface area contributed by atoms with Crippen LogP contribution in [0.25, 0.3) is 43.1 Å². The van der Waals surface area contributed by atoms with Crippen molar-refractivity contribution in [1.29, 1.82) is 0 Å². The third-order valence-corrected chi connectivity index (χ3v) is 11.2. The number of halogens is 1. The van der Waals surface area contributed by atoms with Crippen molar-refractivity contribution in [2.75, 3.05) is 0 Å². The maximum Gasteiger partial charge on any atom is 0.188 e. The Labute approximate surface area is 329 Å². The molecular weight excluding hydrogens is 748 g/mol. The molecule has 274 valence electrons. The molecule has 5 nitrogen and oxygen atoms in total. The lowest BCUT2D eigenvalue weighted by Gasteiger charge is -2.44. The highest BCUT2D eigenvalue weighted by molar-refractivity contribution is 9.09. The van der Waals surface area contributed by atoms with Crippen molar-refractivity contribution in [2.24, 2.45) is 0 Å².